The molecule has 3 aliphatic rings. The summed E-state index contributed by atoms with van der Waals surface area (Å²) in [5.41, 5.74) is 1.20. The van der Waals surface area contributed by atoms with Crippen molar-refractivity contribution in [3.63, 3.8) is 0 Å². The molecule has 2 heterocycles. The molecule has 1 aromatic rings. The third kappa shape index (κ3) is 5.89. The molecule has 4 rings (SSSR count). The number of fused-ring (bicyclic) bond motifs is 1. The topological polar surface area (TPSA) is 83.1 Å². The second-order valence-corrected chi connectivity index (χ2v) is 8.76. The molecule has 0 unspecified atom stereocenters. The minimum absolute atomic E-state index is 0.195. The van der Waals surface area contributed by atoms with Crippen molar-refractivity contribution < 1.29 is 19.1 Å². The van der Waals surface area contributed by atoms with Crippen LogP contribution >= 0.6 is 0 Å². The van der Waals surface area contributed by atoms with Crippen molar-refractivity contribution in [2.45, 2.75) is 57.7 Å². The number of benzene rings is 1. The van der Waals surface area contributed by atoms with Crippen molar-refractivity contribution in [3.8, 4) is 11.5 Å². The first-order valence-corrected chi connectivity index (χ1v) is 11.5. The summed E-state index contributed by atoms with van der Waals surface area (Å²) in [7, 11) is 0. The Morgan fingerprint density at radius 3 is 2.48 bits per heavy atom. The summed E-state index contributed by atoms with van der Waals surface area (Å²) in [4.78, 5) is 29.2. The highest BCUT2D eigenvalue weighted by atomic mass is 16.6. The van der Waals surface area contributed by atoms with Gasteiger partial charge in [0.25, 0.3) is 0 Å². The predicted molar refractivity (Wildman–Crippen MR) is 117 cm³/mol. The van der Waals surface area contributed by atoms with E-state index < -0.39 is 0 Å². The monoisotopic (exact) mass is 430 g/mol. The van der Waals surface area contributed by atoms with Gasteiger partial charge in [0.2, 0.25) is 5.91 Å². The van der Waals surface area contributed by atoms with Crippen LogP contribution in [0.3, 0.4) is 0 Å². The quantitative estimate of drug-likeness (QED) is 0.745. The summed E-state index contributed by atoms with van der Waals surface area (Å²) in [5.74, 6) is 1.40. The zero-order valence-corrected chi connectivity index (χ0v) is 18.4. The molecule has 2 fully saturated rings. The van der Waals surface area contributed by atoms with E-state index in [0.717, 1.165) is 69.9 Å². The highest BCUT2D eigenvalue weighted by Gasteiger charge is 2.27. The van der Waals surface area contributed by atoms with Crippen molar-refractivity contribution in [2.75, 3.05) is 39.4 Å². The predicted octanol–water partition coefficient (Wildman–Crippen LogP) is 2.12. The average Bonchev–Trinajstić information content (AvgIpc) is 2.79. The number of imide groups is 1. The Labute approximate surface area is 184 Å². The number of nitrogens with one attached hydrogen (secondary N) is 2. The smallest absolute Gasteiger partial charge is 0.321 e. The van der Waals surface area contributed by atoms with E-state index in [1.165, 1.54) is 12.0 Å². The molecule has 170 valence electrons. The molecule has 8 nitrogen and oxygen atoms in total. The van der Waals surface area contributed by atoms with Gasteiger partial charge in [0.15, 0.2) is 11.5 Å². The standard InChI is InChI=1S/C23H34N4O4/c1-17(22(28)25-23(29)24-19-5-3-2-4-6-19)27-11-9-26(10-12-27)16-18-7-8-20-21(15-18)31-14-13-30-20/h7-8,15,17,19H,2-6,9-14,16H2,1H3,(H2,24,25,28,29)/t17-/m1/s1. The van der Waals surface area contributed by atoms with Crippen molar-refractivity contribution in [1.82, 2.24) is 20.4 Å². The number of carbonyl (C=O) groups excluding carboxylic acids is 2. The van der Waals surface area contributed by atoms with Crippen molar-refractivity contribution in [3.05, 3.63) is 23.8 Å². The van der Waals surface area contributed by atoms with Crippen LogP contribution in [0.25, 0.3) is 0 Å². The second kappa shape index (κ2) is 10.3. The van der Waals surface area contributed by atoms with Gasteiger partial charge >= 0.3 is 6.03 Å². The van der Waals surface area contributed by atoms with Crippen LogP contribution in [0, 0.1) is 0 Å². The van der Waals surface area contributed by atoms with Crippen molar-refractivity contribution in [2.24, 2.45) is 0 Å². The zero-order valence-electron chi connectivity index (χ0n) is 18.4. The van der Waals surface area contributed by atoms with Gasteiger partial charge in [-0.05, 0) is 37.5 Å². The van der Waals surface area contributed by atoms with Gasteiger partial charge < -0.3 is 14.8 Å². The maximum Gasteiger partial charge on any atom is 0.321 e. The molecule has 1 atom stereocenters. The number of amides is 3. The molecule has 31 heavy (non-hydrogen) atoms. The van der Waals surface area contributed by atoms with Gasteiger partial charge in [0, 0.05) is 38.8 Å². The van der Waals surface area contributed by atoms with Gasteiger partial charge in [-0.2, -0.15) is 0 Å². The number of urea groups is 1. The number of carbonyl (C=O) groups is 2. The first-order chi connectivity index (χ1) is 15.1. The lowest BCUT2D eigenvalue weighted by Crippen LogP contribution is -2.55. The molecular formula is C23H34N4O4. The third-order valence-electron chi connectivity index (χ3n) is 6.52. The fraction of sp³-hybridized carbons (Fsp3) is 0.652. The summed E-state index contributed by atoms with van der Waals surface area (Å²) in [6.07, 6.45) is 5.53. The first kappa shape index (κ1) is 21.9. The van der Waals surface area contributed by atoms with E-state index in [9.17, 15) is 9.59 Å². The molecule has 0 spiro atoms. The molecule has 0 bridgehead atoms. The minimum atomic E-state index is -0.360. The molecule has 1 aliphatic carbocycles. The number of hydrogen-bond donors (Lipinski definition) is 2. The van der Waals surface area contributed by atoms with Gasteiger partial charge in [-0.3, -0.25) is 19.9 Å². The Morgan fingerprint density at radius 1 is 1.03 bits per heavy atom. The normalized spacial score (nSPS) is 21.3. The van der Waals surface area contributed by atoms with Crippen LogP contribution in [-0.2, 0) is 11.3 Å². The average molecular weight is 431 g/mol. The van der Waals surface area contributed by atoms with Crippen LogP contribution in [0.5, 0.6) is 11.5 Å². The minimum Gasteiger partial charge on any atom is -0.486 e. The van der Waals surface area contributed by atoms with Crippen LogP contribution in [0.2, 0.25) is 0 Å². The summed E-state index contributed by atoms with van der Waals surface area (Å²) in [6.45, 7) is 7.25. The lowest BCUT2D eigenvalue weighted by Gasteiger charge is -2.37. The lowest BCUT2D eigenvalue weighted by atomic mass is 9.96. The van der Waals surface area contributed by atoms with Gasteiger partial charge in [0.05, 0.1) is 6.04 Å². The van der Waals surface area contributed by atoms with E-state index in [0.29, 0.717) is 13.2 Å². The number of piperazine rings is 1. The number of hydrogen-bond acceptors (Lipinski definition) is 6. The molecule has 1 saturated heterocycles. The molecule has 8 heteroatoms. The number of ether oxygens (including phenoxy) is 2. The van der Waals surface area contributed by atoms with Crippen LogP contribution < -0.4 is 20.1 Å². The van der Waals surface area contributed by atoms with Crippen molar-refractivity contribution >= 4 is 11.9 Å². The second-order valence-electron chi connectivity index (χ2n) is 8.76. The van der Waals surface area contributed by atoms with E-state index in [4.69, 9.17) is 9.47 Å². The Bertz CT molecular complexity index is 773. The fourth-order valence-electron chi connectivity index (χ4n) is 4.60. The Balaban J connectivity index is 1.20. The molecule has 0 aromatic heterocycles. The van der Waals surface area contributed by atoms with Crippen molar-refractivity contribution in [1.29, 1.82) is 0 Å². The molecule has 2 aliphatic heterocycles. The lowest BCUT2D eigenvalue weighted by molar-refractivity contribution is -0.125. The van der Waals surface area contributed by atoms with Crippen LogP contribution in [-0.4, -0.2) is 73.2 Å². The van der Waals surface area contributed by atoms with E-state index in [1.54, 1.807) is 0 Å². The Morgan fingerprint density at radius 2 is 1.74 bits per heavy atom. The Hall–Kier alpha value is -2.32. The molecule has 3 amide bonds. The van der Waals surface area contributed by atoms with Gasteiger partial charge in [0.1, 0.15) is 13.2 Å². The largest absolute Gasteiger partial charge is 0.486 e. The molecule has 0 radical (unpaired) electrons. The first-order valence-electron chi connectivity index (χ1n) is 11.5. The number of rotatable bonds is 5. The van der Waals surface area contributed by atoms with E-state index in [1.807, 2.05) is 13.0 Å². The summed E-state index contributed by atoms with van der Waals surface area (Å²) in [6, 6.07) is 5.63. The van der Waals surface area contributed by atoms with Crippen LogP contribution in [0.1, 0.15) is 44.6 Å². The van der Waals surface area contributed by atoms with E-state index in [2.05, 4.69) is 32.6 Å². The Kier molecular flexibility index (Phi) is 7.29. The SMILES string of the molecule is C[C@H](C(=O)NC(=O)NC1CCCCC1)N1CCN(Cc2ccc3c(c2)OCCO3)CC1. The van der Waals surface area contributed by atoms with Crippen LogP contribution in [0.15, 0.2) is 18.2 Å². The van der Waals surface area contributed by atoms with Crippen LogP contribution in [0.4, 0.5) is 4.79 Å². The maximum atomic E-state index is 12.6. The summed E-state index contributed by atoms with van der Waals surface area (Å²) >= 11 is 0. The summed E-state index contributed by atoms with van der Waals surface area (Å²) in [5, 5.41) is 5.48. The fourth-order valence-corrected chi connectivity index (χ4v) is 4.60. The summed E-state index contributed by atoms with van der Waals surface area (Å²) < 4.78 is 11.3. The molecule has 1 saturated carbocycles. The highest BCUT2D eigenvalue weighted by Crippen LogP contribution is 2.31. The van der Waals surface area contributed by atoms with Gasteiger partial charge in [-0.1, -0.05) is 25.3 Å². The molecular weight excluding hydrogens is 396 g/mol. The zero-order chi connectivity index (χ0) is 21.6. The van der Waals surface area contributed by atoms with E-state index in [-0.39, 0.29) is 24.0 Å². The maximum absolute atomic E-state index is 12.6. The van der Waals surface area contributed by atoms with Gasteiger partial charge in [-0.25, -0.2) is 4.79 Å². The highest BCUT2D eigenvalue weighted by molar-refractivity contribution is 5.96. The number of nitrogens with zero attached hydrogens (tertiary/aromatic N) is 2. The van der Waals surface area contributed by atoms with Gasteiger partial charge in [-0.15, -0.1) is 0 Å². The third-order valence-corrected chi connectivity index (χ3v) is 6.52. The molecule has 2 N–H and O–H groups in total. The van der Waals surface area contributed by atoms with E-state index >= 15 is 0 Å². The molecule has 1 aromatic carbocycles.